The number of aliphatic hydroxyl groups is 1. The summed E-state index contributed by atoms with van der Waals surface area (Å²) in [6.45, 7) is 1.71. The number of dihydropyridines is 1. The van der Waals surface area contributed by atoms with E-state index in [4.69, 9.17) is 14.2 Å². The van der Waals surface area contributed by atoms with E-state index in [2.05, 4.69) is 15.4 Å². The molecule has 0 saturated heterocycles. The third kappa shape index (κ3) is 9.26. The predicted octanol–water partition coefficient (Wildman–Crippen LogP) is 3.13. The van der Waals surface area contributed by atoms with Crippen molar-refractivity contribution in [2.24, 2.45) is 0 Å². The molecular weight excluding hydrogens is 591 g/mol. The third-order valence-corrected chi connectivity index (χ3v) is 6.34. The number of rotatable bonds is 15. The van der Waals surface area contributed by atoms with Crippen LogP contribution in [0.4, 0.5) is 18.9 Å². The Morgan fingerprint density at radius 2 is 1.80 bits per heavy atom. The highest BCUT2D eigenvalue weighted by Gasteiger charge is 2.47. The van der Waals surface area contributed by atoms with Crippen molar-refractivity contribution in [1.29, 1.82) is 0 Å². The van der Waals surface area contributed by atoms with Crippen molar-refractivity contribution < 1.29 is 51.7 Å². The minimum atomic E-state index is -5.05. The molecule has 2 aromatic carbocycles. The number of nitrogens with zero attached hydrogens (tertiary/aromatic N) is 1. The van der Waals surface area contributed by atoms with Crippen LogP contribution in [0.15, 0.2) is 77.1 Å². The van der Waals surface area contributed by atoms with Gasteiger partial charge in [0.25, 0.3) is 5.69 Å². The van der Waals surface area contributed by atoms with Crippen LogP contribution in [-0.2, 0) is 23.8 Å². The molecule has 1 aliphatic heterocycles. The molecule has 0 spiro atoms. The second-order valence-electron chi connectivity index (χ2n) is 9.46. The minimum absolute atomic E-state index is 0.0676. The average molecular weight is 624 g/mol. The molecule has 0 aromatic heterocycles. The Morgan fingerprint density at radius 3 is 2.45 bits per heavy atom. The Hall–Kier alpha value is -4.47. The van der Waals surface area contributed by atoms with Crippen molar-refractivity contribution in [2.45, 2.75) is 25.1 Å². The van der Waals surface area contributed by atoms with Crippen LogP contribution >= 0.6 is 0 Å². The first-order valence-electron chi connectivity index (χ1n) is 13.4. The summed E-state index contributed by atoms with van der Waals surface area (Å²) in [5, 5.41) is 26.4. The summed E-state index contributed by atoms with van der Waals surface area (Å²) in [5.41, 5.74) is -3.59. The summed E-state index contributed by atoms with van der Waals surface area (Å²) < 4.78 is 62.7. The molecule has 0 amide bonds. The van der Waals surface area contributed by atoms with E-state index in [1.165, 1.54) is 19.1 Å². The first-order chi connectivity index (χ1) is 20.9. The number of allylic oxidation sites excluding steroid dienone is 2. The molecule has 238 valence electrons. The predicted molar refractivity (Wildman–Crippen MR) is 149 cm³/mol. The Balaban J connectivity index is 1.60. The SMILES string of the molecule is COC(=O)C1=C(C(F)(F)F)NC(C)=C(C(=O)OCCOCCNCC(O)COc2ccccc2)C1c1cccc([N+](=O)[O-])c1. The van der Waals surface area contributed by atoms with E-state index in [0.29, 0.717) is 12.3 Å². The highest BCUT2D eigenvalue weighted by molar-refractivity contribution is 6.00. The van der Waals surface area contributed by atoms with Gasteiger partial charge in [0, 0.05) is 30.9 Å². The third-order valence-electron chi connectivity index (χ3n) is 6.34. The molecule has 0 bridgehead atoms. The maximum absolute atomic E-state index is 14.0. The number of nitrogens with one attached hydrogen (secondary N) is 2. The molecule has 0 saturated carbocycles. The maximum Gasteiger partial charge on any atom is 0.431 e. The molecule has 3 rings (SSSR count). The number of carbonyl (C=O) groups excluding carboxylic acids is 2. The lowest BCUT2D eigenvalue weighted by Crippen LogP contribution is -2.38. The number of halogens is 3. The minimum Gasteiger partial charge on any atom is -0.491 e. The number of nitro benzene ring substituents is 1. The Labute approximate surface area is 250 Å². The molecule has 1 heterocycles. The summed E-state index contributed by atoms with van der Waals surface area (Å²) in [6, 6.07) is 13.6. The summed E-state index contributed by atoms with van der Waals surface area (Å²) in [5.74, 6) is -3.49. The molecular formula is C29H32F3N3O9. The number of para-hydroxylation sites is 1. The molecule has 2 unspecified atom stereocenters. The summed E-state index contributed by atoms with van der Waals surface area (Å²) in [6.07, 6.45) is -5.82. The maximum atomic E-state index is 14.0. The van der Waals surface area contributed by atoms with Gasteiger partial charge >= 0.3 is 18.1 Å². The van der Waals surface area contributed by atoms with Gasteiger partial charge in [-0.3, -0.25) is 10.1 Å². The van der Waals surface area contributed by atoms with Gasteiger partial charge in [-0.15, -0.1) is 0 Å². The molecule has 0 aliphatic carbocycles. The van der Waals surface area contributed by atoms with Gasteiger partial charge in [-0.05, 0) is 24.6 Å². The van der Waals surface area contributed by atoms with Crippen LogP contribution in [0.2, 0.25) is 0 Å². The van der Waals surface area contributed by atoms with Crippen LogP contribution < -0.4 is 15.4 Å². The van der Waals surface area contributed by atoms with Crippen LogP contribution in [0.3, 0.4) is 0 Å². The molecule has 44 heavy (non-hydrogen) atoms. The lowest BCUT2D eigenvalue weighted by molar-refractivity contribution is -0.384. The van der Waals surface area contributed by atoms with Gasteiger partial charge in [-0.1, -0.05) is 30.3 Å². The number of hydrogen-bond donors (Lipinski definition) is 3. The Bertz CT molecular complexity index is 1380. The fourth-order valence-corrected chi connectivity index (χ4v) is 4.36. The van der Waals surface area contributed by atoms with Gasteiger partial charge in [0.1, 0.15) is 30.8 Å². The molecule has 2 aromatic rings. The number of methoxy groups -OCH3 is 1. The smallest absolute Gasteiger partial charge is 0.431 e. The molecule has 1 aliphatic rings. The van der Waals surface area contributed by atoms with Crippen LogP contribution in [-0.4, -0.2) is 80.9 Å². The van der Waals surface area contributed by atoms with Crippen LogP contribution in [0.1, 0.15) is 18.4 Å². The van der Waals surface area contributed by atoms with Crippen LogP contribution in [0.25, 0.3) is 0 Å². The highest BCUT2D eigenvalue weighted by atomic mass is 19.4. The Morgan fingerprint density at radius 1 is 1.07 bits per heavy atom. The van der Waals surface area contributed by atoms with Gasteiger partial charge in [-0.25, -0.2) is 9.59 Å². The van der Waals surface area contributed by atoms with E-state index in [-0.39, 0.29) is 49.8 Å². The standard InChI is InChI=1S/C29H32F3N3O9/c1-18-23(28(38)43-14-13-42-12-11-33-16-21(36)17-44-22-9-4-3-5-10-22)24(19-7-6-8-20(15-19)35(39)40)25(27(37)41-2)26(34-18)29(30,31)32/h3-10,15,21,24,33-34,36H,11-14,16-17H2,1-2H3. The van der Waals surface area contributed by atoms with E-state index >= 15 is 0 Å². The number of benzene rings is 2. The zero-order chi connectivity index (χ0) is 32.3. The van der Waals surface area contributed by atoms with Gasteiger partial charge < -0.3 is 34.7 Å². The van der Waals surface area contributed by atoms with Crippen LogP contribution in [0, 0.1) is 10.1 Å². The van der Waals surface area contributed by atoms with Gasteiger partial charge in [0.05, 0.1) is 42.3 Å². The second-order valence-corrected chi connectivity index (χ2v) is 9.46. The molecule has 15 heteroatoms. The largest absolute Gasteiger partial charge is 0.491 e. The lowest BCUT2D eigenvalue weighted by Gasteiger charge is -2.31. The van der Waals surface area contributed by atoms with Crippen molar-refractivity contribution in [3.8, 4) is 5.75 Å². The van der Waals surface area contributed by atoms with Crippen molar-refractivity contribution in [2.75, 3.05) is 46.6 Å². The zero-order valence-corrected chi connectivity index (χ0v) is 23.9. The van der Waals surface area contributed by atoms with E-state index in [1.807, 2.05) is 18.2 Å². The number of nitro groups is 1. The molecule has 0 radical (unpaired) electrons. The quantitative estimate of drug-likeness (QED) is 0.116. The summed E-state index contributed by atoms with van der Waals surface area (Å²) >= 11 is 0. The van der Waals surface area contributed by atoms with Crippen molar-refractivity contribution in [1.82, 2.24) is 10.6 Å². The van der Waals surface area contributed by atoms with E-state index in [0.717, 1.165) is 19.2 Å². The number of non-ortho nitro benzene ring substituents is 1. The van der Waals surface area contributed by atoms with Gasteiger partial charge in [0.2, 0.25) is 0 Å². The lowest BCUT2D eigenvalue weighted by atomic mass is 9.80. The Kier molecular flexibility index (Phi) is 12.3. The van der Waals surface area contributed by atoms with E-state index in [1.54, 1.807) is 12.1 Å². The van der Waals surface area contributed by atoms with E-state index < -0.39 is 52.0 Å². The number of carbonyl (C=O) groups is 2. The van der Waals surface area contributed by atoms with Crippen LogP contribution in [0.5, 0.6) is 5.75 Å². The van der Waals surface area contributed by atoms with Gasteiger partial charge in [0.15, 0.2) is 0 Å². The van der Waals surface area contributed by atoms with Crippen molar-refractivity contribution in [3.63, 3.8) is 0 Å². The van der Waals surface area contributed by atoms with Gasteiger partial charge in [-0.2, -0.15) is 13.2 Å². The summed E-state index contributed by atoms with van der Waals surface area (Å²) in [4.78, 5) is 36.4. The van der Waals surface area contributed by atoms with E-state index in [9.17, 15) is 38.0 Å². The number of ether oxygens (including phenoxy) is 4. The molecule has 2 atom stereocenters. The number of aliphatic hydroxyl groups excluding tert-OH is 1. The fourth-order valence-electron chi connectivity index (χ4n) is 4.36. The summed E-state index contributed by atoms with van der Waals surface area (Å²) in [7, 11) is 0.877. The molecule has 0 fully saturated rings. The average Bonchev–Trinajstić information content (AvgIpc) is 3.00. The normalized spacial score (nSPS) is 15.8. The fraction of sp³-hybridized carbons (Fsp3) is 0.379. The molecule has 12 nitrogen and oxygen atoms in total. The monoisotopic (exact) mass is 623 g/mol. The molecule has 3 N–H and O–H groups in total. The first kappa shape index (κ1) is 34.0. The highest BCUT2D eigenvalue weighted by Crippen LogP contribution is 2.43. The van der Waals surface area contributed by atoms with Crippen molar-refractivity contribution >= 4 is 17.6 Å². The zero-order valence-electron chi connectivity index (χ0n) is 23.9. The number of esters is 2. The number of hydrogen-bond acceptors (Lipinski definition) is 11. The number of alkyl halides is 3. The second kappa shape index (κ2) is 15.8. The van der Waals surface area contributed by atoms with Crippen molar-refractivity contribution in [3.05, 3.63) is 92.8 Å². The first-order valence-corrected chi connectivity index (χ1v) is 13.4. The topological polar surface area (TPSA) is 158 Å².